The predicted molar refractivity (Wildman–Crippen MR) is 65.8 cm³/mol. The highest BCUT2D eigenvalue weighted by Crippen LogP contribution is 2.13. The molecule has 0 radical (unpaired) electrons. The number of hydrogen-bond donors (Lipinski definition) is 1. The molecule has 0 aliphatic carbocycles. The Morgan fingerprint density at radius 2 is 1.94 bits per heavy atom. The Labute approximate surface area is 97.5 Å². The normalized spacial score (nSPS) is 10.8. The van der Waals surface area contributed by atoms with E-state index in [2.05, 4.69) is 0 Å². The summed E-state index contributed by atoms with van der Waals surface area (Å²) in [6.45, 7) is 0. The molecule has 1 heterocycles. The minimum absolute atomic E-state index is 0.00285. The number of phenolic OH excluding ortho intramolecular Hbond substituents is 1. The first kappa shape index (κ1) is 10.6. The predicted octanol–water partition coefficient (Wildman–Crippen LogP) is 3.35. The molecule has 2 rings (SSSR count). The van der Waals surface area contributed by atoms with Crippen molar-refractivity contribution in [2.75, 3.05) is 0 Å². The molecular weight excluding hydrogens is 220 g/mol. The molecule has 2 aromatic rings. The van der Waals surface area contributed by atoms with E-state index in [1.807, 2.05) is 11.4 Å². The number of rotatable bonds is 3. The highest BCUT2D eigenvalue weighted by Gasteiger charge is 2.01. The Morgan fingerprint density at radius 1 is 1.19 bits per heavy atom. The van der Waals surface area contributed by atoms with Gasteiger partial charge in [-0.1, -0.05) is 24.3 Å². The summed E-state index contributed by atoms with van der Waals surface area (Å²) < 4.78 is 0. The zero-order valence-electron chi connectivity index (χ0n) is 8.46. The summed E-state index contributed by atoms with van der Waals surface area (Å²) in [4.78, 5) is 12.4. The third-order valence-corrected chi connectivity index (χ3v) is 2.97. The molecule has 1 N–H and O–H groups in total. The van der Waals surface area contributed by atoms with Crippen molar-refractivity contribution in [1.82, 2.24) is 0 Å². The Morgan fingerprint density at radius 3 is 2.56 bits per heavy atom. The van der Waals surface area contributed by atoms with Crippen LogP contribution in [0.1, 0.15) is 15.2 Å². The largest absolute Gasteiger partial charge is 0.508 e. The van der Waals surface area contributed by atoms with Crippen molar-refractivity contribution in [1.29, 1.82) is 0 Å². The van der Waals surface area contributed by atoms with Crippen LogP contribution in [0.5, 0.6) is 5.75 Å². The lowest BCUT2D eigenvalue weighted by molar-refractivity contribution is 0.105. The molecule has 0 aliphatic heterocycles. The Bertz CT molecular complexity index is 495. The van der Waals surface area contributed by atoms with Gasteiger partial charge in [-0.2, -0.15) is 0 Å². The van der Waals surface area contributed by atoms with Gasteiger partial charge in [0, 0.05) is 0 Å². The number of phenols is 1. The van der Waals surface area contributed by atoms with Crippen LogP contribution in [0.2, 0.25) is 0 Å². The number of carbonyl (C=O) groups is 1. The fourth-order valence-corrected chi connectivity index (χ4v) is 1.90. The highest BCUT2D eigenvalue weighted by molar-refractivity contribution is 7.12. The van der Waals surface area contributed by atoms with Gasteiger partial charge in [-0.25, -0.2) is 0 Å². The molecule has 0 saturated carbocycles. The van der Waals surface area contributed by atoms with E-state index in [0.29, 0.717) is 0 Å². The molecule has 2 nitrogen and oxygen atoms in total. The lowest BCUT2D eigenvalue weighted by Gasteiger charge is -1.93. The molecule has 0 aliphatic rings. The van der Waals surface area contributed by atoms with E-state index in [4.69, 9.17) is 5.11 Å². The summed E-state index contributed by atoms with van der Waals surface area (Å²) in [5, 5.41) is 11.0. The van der Waals surface area contributed by atoms with E-state index >= 15 is 0 Å². The SMILES string of the molecule is O=C(C=Cc1ccc(O)cc1)c1cccs1. The smallest absolute Gasteiger partial charge is 0.195 e. The lowest BCUT2D eigenvalue weighted by Crippen LogP contribution is -1.88. The van der Waals surface area contributed by atoms with Crippen molar-refractivity contribution in [3.63, 3.8) is 0 Å². The number of aromatic hydroxyl groups is 1. The molecule has 1 aromatic heterocycles. The van der Waals surface area contributed by atoms with Gasteiger partial charge < -0.3 is 5.11 Å². The van der Waals surface area contributed by atoms with Crippen molar-refractivity contribution >= 4 is 23.2 Å². The average molecular weight is 230 g/mol. The second kappa shape index (κ2) is 4.77. The molecule has 3 heteroatoms. The van der Waals surface area contributed by atoms with Crippen molar-refractivity contribution in [3.8, 4) is 5.75 Å². The maximum Gasteiger partial charge on any atom is 0.195 e. The van der Waals surface area contributed by atoms with Crippen molar-refractivity contribution in [2.24, 2.45) is 0 Å². The maximum absolute atomic E-state index is 11.6. The molecule has 80 valence electrons. The molecule has 0 fully saturated rings. The lowest BCUT2D eigenvalue weighted by atomic mass is 10.2. The van der Waals surface area contributed by atoms with Crippen molar-refractivity contribution in [3.05, 3.63) is 58.3 Å². The van der Waals surface area contributed by atoms with Crippen LogP contribution in [0.25, 0.3) is 6.08 Å². The van der Waals surface area contributed by atoms with Gasteiger partial charge in [0.1, 0.15) is 5.75 Å². The topological polar surface area (TPSA) is 37.3 Å². The summed E-state index contributed by atoms with van der Waals surface area (Å²) >= 11 is 1.43. The van der Waals surface area contributed by atoms with Crippen LogP contribution in [-0.4, -0.2) is 10.9 Å². The van der Waals surface area contributed by atoms with Gasteiger partial charge in [-0.15, -0.1) is 11.3 Å². The molecule has 16 heavy (non-hydrogen) atoms. The van der Waals surface area contributed by atoms with Crippen molar-refractivity contribution < 1.29 is 9.90 Å². The zero-order valence-corrected chi connectivity index (χ0v) is 9.28. The summed E-state index contributed by atoms with van der Waals surface area (Å²) in [5.41, 5.74) is 0.891. The van der Waals surface area contributed by atoms with E-state index in [-0.39, 0.29) is 11.5 Å². The van der Waals surface area contributed by atoms with Gasteiger partial charge in [-0.3, -0.25) is 4.79 Å². The third kappa shape index (κ3) is 2.58. The fourth-order valence-electron chi connectivity index (χ4n) is 1.26. The van der Waals surface area contributed by atoms with E-state index < -0.39 is 0 Å². The Balaban J connectivity index is 2.10. The molecule has 0 saturated heterocycles. The number of carbonyl (C=O) groups excluding carboxylic acids is 1. The highest BCUT2D eigenvalue weighted by atomic mass is 32.1. The van der Waals surface area contributed by atoms with Crippen LogP contribution in [0, 0.1) is 0 Å². The Hall–Kier alpha value is -1.87. The van der Waals surface area contributed by atoms with Crippen LogP contribution in [0.3, 0.4) is 0 Å². The molecule has 0 amide bonds. The molecule has 0 spiro atoms. The van der Waals surface area contributed by atoms with E-state index in [9.17, 15) is 4.79 Å². The standard InChI is InChI=1S/C13H10O2S/c14-11-6-3-10(4-7-11)5-8-12(15)13-2-1-9-16-13/h1-9,14H. The number of thiophene rings is 1. The van der Waals surface area contributed by atoms with E-state index in [0.717, 1.165) is 10.4 Å². The van der Waals surface area contributed by atoms with Gasteiger partial charge >= 0.3 is 0 Å². The number of ketones is 1. The monoisotopic (exact) mass is 230 g/mol. The number of hydrogen-bond acceptors (Lipinski definition) is 3. The van der Waals surface area contributed by atoms with Crippen LogP contribution in [0.4, 0.5) is 0 Å². The van der Waals surface area contributed by atoms with Gasteiger partial charge in [0.15, 0.2) is 5.78 Å². The van der Waals surface area contributed by atoms with Crippen LogP contribution >= 0.6 is 11.3 Å². The first-order valence-corrected chi connectivity index (χ1v) is 5.68. The first-order valence-electron chi connectivity index (χ1n) is 4.80. The van der Waals surface area contributed by atoms with E-state index in [1.54, 1.807) is 36.4 Å². The fraction of sp³-hybridized carbons (Fsp3) is 0. The van der Waals surface area contributed by atoms with Crippen LogP contribution in [-0.2, 0) is 0 Å². The molecule has 1 aromatic carbocycles. The number of allylic oxidation sites excluding steroid dienone is 1. The zero-order chi connectivity index (χ0) is 11.4. The minimum Gasteiger partial charge on any atom is -0.508 e. The molecule has 0 bridgehead atoms. The summed E-state index contributed by atoms with van der Waals surface area (Å²) in [7, 11) is 0. The van der Waals surface area contributed by atoms with Crippen molar-refractivity contribution in [2.45, 2.75) is 0 Å². The van der Waals surface area contributed by atoms with Gasteiger partial charge in [-0.05, 0) is 35.2 Å². The average Bonchev–Trinajstić information content (AvgIpc) is 2.81. The maximum atomic E-state index is 11.6. The minimum atomic E-state index is 0.00285. The van der Waals surface area contributed by atoms with Gasteiger partial charge in [0.05, 0.1) is 4.88 Å². The molecular formula is C13H10O2S. The van der Waals surface area contributed by atoms with Crippen LogP contribution in [0.15, 0.2) is 47.9 Å². The molecule has 0 unspecified atom stereocenters. The second-order valence-corrected chi connectivity index (χ2v) is 4.21. The first-order chi connectivity index (χ1) is 7.75. The summed E-state index contributed by atoms with van der Waals surface area (Å²) in [5.74, 6) is 0.227. The van der Waals surface area contributed by atoms with Gasteiger partial charge in [0.25, 0.3) is 0 Å². The third-order valence-electron chi connectivity index (χ3n) is 2.08. The number of benzene rings is 1. The Kier molecular flexibility index (Phi) is 3.17. The van der Waals surface area contributed by atoms with Gasteiger partial charge in [0.2, 0.25) is 0 Å². The molecule has 0 atom stereocenters. The van der Waals surface area contributed by atoms with E-state index in [1.165, 1.54) is 17.4 Å². The second-order valence-electron chi connectivity index (χ2n) is 3.27. The quantitative estimate of drug-likeness (QED) is 0.648. The summed E-state index contributed by atoms with van der Waals surface area (Å²) in [6.07, 6.45) is 3.28. The summed E-state index contributed by atoms with van der Waals surface area (Å²) in [6, 6.07) is 10.4. The van der Waals surface area contributed by atoms with Crippen LogP contribution < -0.4 is 0 Å².